The molecule has 0 aromatic rings. The highest BCUT2D eigenvalue weighted by molar-refractivity contribution is 5.70. The Morgan fingerprint density at radius 2 is 1.67 bits per heavy atom. The van der Waals surface area contributed by atoms with Crippen LogP contribution in [0.2, 0.25) is 0 Å². The maximum Gasteiger partial charge on any atom is 0.306 e. The lowest BCUT2D eigenvalue weighted by Gasteiger charge is -2.22. The Labute approximate surface area is 107 Å². The van der Waals surface area contributed by atoms with Gasteiger partial charge in [-0.25, -0.2) is 0 Å². The van der Waals surface area contributed by atoms with Crippen LogP contribution in [-0.2, 0) is 19.0 Å². The van der Waals surface area contributed by atoms with Crippen LogP contribution in [0.5, 0.6) is 0 Å². The van der Waals surface area contributed by atoms with Crippen molar-refractivity contribution >= 4 is 5.97 Å². The second-order valence-corrected chi connectivity index (χ2v) is 6.23. The van der Waals surface area contributed by atoms with E-state index >= 15 is 0 Å². The van der Waals surface area contributed by atoms with Crippen molar-refractivity contribution in [2.45, 2.75) is 75.5 Å². The van der Waals surface area contributed by atoms with Crippen LogP contribution in [0.4, 0.5) is 0 Å². The lowest BCUT2D eigenvalue weighted by Crippen LogP contribution is -2.26. The van der Waals surface area contributed by atoms with Gasteiger partial charge in [0.2, 0.25) is 0 Å². The Morgan fingerprint density at radius 1 is 0.944 bits per heavy atom. The first-order valence-electron chi connectivity index (χ1n) is 7.28. The number of carbonyl (C=O) groups excluding carboxylic acids is 1. The molecule has 2 aliphatic carbocycles. The molecule has 0 unspecified atom stereocenters. The van der Waals surface area contributed by atoms with Gasteiger partial charge in [-0.2, -0.15) is 0 Å². The molecule has 4 rings (SSSR count). The molecule has 4 nitrogen and oxygen atoms in total. The van der Waals surface area contributed by atoms with Gasteiger partial charge in [0.15, 0.2) is 0 Å². The number of fused-ring (bicyclic) bond motifs is 2. The van der Waals surface area contributed by atoms with Gasteiger partial charge in [-0.05, 0) is 38.0 Å². The molecular formula is C14H20O4. The first-order chi connectivity index (χ1) is 8.78. The van der Waals surface area contributed by atoms with E-state index in [1.807, 2.05) is 0 Å². The number of esters is 1. The van der Waals surface area contributed by atoms with Crippen molar-refractivity contribution in [2.75, 3.05) is 0 Å². The summed E-state index contributed by atoms with van der Waals surface area (Å²) in [6, 6.07) is 0. The number of ether oxygens (including phenoxy) is 3. The molecule has 100 valence electrons. The van der Waals surface area contributed by atoms with Gasteiger partial charge < -0.3 is 14.2 Å². The summed E-state index contributed by atoms with van der Waals surface area (Å²) in [6.45, 7) is 0. The van der Waals surface area contributed by atoms with E-state index in [1.54, 1.807) is 0 Å². The van der Waals surface area contributed by atoms with Gasteiger partial charge in [0.25, 0.3) is 0 Å². The molecule has 0 N–H and O–H groups in total. The normalized spacial score (nSPS) is 48.9. The SMILES string of the molecule is O=C(C[C@@H]1CC[C@@H]2O[C@@H]2C1)O[C@@H]1CC[C@H]2O[C@H]2C1. The molecule has 6 atom stereocenters. The second kappa shape index (κ2) is 4.20. The van der Waals surface area contributed by atoms with Crippen LogP contribution in [-0.4, -0.2) is 36.5 Å². The quantitative estimate of drug-likeness (QED) is 0.568. The molecule has 0 bridgehead atoms. The zero-order valence-corrected chi connectivity index (χ0v) is 10.5. The molecule has 18 heavy (non-hydrogen) atoms. The molecule has 0 spiro atoms. The molecule has 2 aliphatic heterocycles. The molecule has 0 radical (unpaired) electrons. The lowest BCUT2D eigenvalue weighted by atomic mass is 9.87. The maximum absolute atomic E-state index is 11.9. The first kappa shape index (κ1) is 11.2. The van der Waals surface area contributed by atoms with Crippen LogP contribution >= 0.6 is 0 Å². The predicted octanol–water partition coefficient (Wildman–Crippen LogP) is 1.81. The third kappa shape index (κ3) is 2.28. The summed E-state index contributed by atoms with van der Waals surface area (Å²) in [4.78, 5) is 11.9. The van der Waals surface area contributed by atoms with Crippen LogP contribution in [0.1, 0.15) is 44.9 Å². The molecule has 4 fully saturated rings. The number of hydrogen-bond donors (Lipinski definition) is 0. The molecule has 2 saturated heterocycles. The fraction of sp³-hybridized carbons (Fsp3) is 0.929. The van der Waals surface area contributed by atoms with Crippen LogP contribution < -0.4 is 0 Å². The fourth-order valence-electron chi connectivity index (χ4n) is 3.62. The number of rotatable bonds is 3. The fourth-order valence-corrected chi connectivity index (χ4v) is 3.62. The van der Waals surface area contributed by atoms with Gasteiger partial charge >= 0.3 is 5.97 Å². The van der Waals surface area contributed by atoms with Crippen molar-refractivity contribution in [3.05, 3.63) is 0 Å². The van der Waals surface area contributed by atoms with Crippen molar-refractivity contribution in [1.29, 1.82) is 0 Å². The van der Waals surface area contributed by atoms with Gasteiger partial charge in [-0.3, -0.25) is 4.79 Å². The number of epoxide rings is 2. The minimum absolute atomic E-state index is 0.0109. The molecule has 4 aliphatic rings. The minimum Gasteiger partial charge on any atom is -0.462 e. The van der Waals surface area contributed by atoms with Gasteiger partial charge in [0.05, 0.1) is 24.4 Å². The van der Waals surface area contributed by atoms with Gasteiger partial charge in [-0.1, -0.05) is 0 Å². The summed E-state index contributed by atoms with van der Waals surface area (Å²) in [5, 5.41) is 0. The Morgan fingerprint density at radius 3 is 2.39 bits per heavy atom. The predicted molar refractivity (Wildman–Crippen MR) is 63.0 cm³/mol. The third-order valence-corrected chi connectivity index (χ3v) is 4.82. The molecule has 4 heteroatoms. The smallest absolute Gasteiger partial charge is 0.306 e. The average Bonchev–Trinajstić information content (AvgIpc) is 3.22. The zero-order chi connectivity index (χ0) is 12.1. The topological polar surface area (TPSA) is 51.4 Å². The van der Waals surface area contributed by atoms with Crippen LogP contribution in [0, 0.1) is 5.92 Å². The summed E-state index contributed by atoms with van der Waals surface area (Å²) in [6.07, 6.45) is 8.76. The van der Waals surface area contributed by atoms with E-state index in [0.717, 1.165) is 38.5 Å². The van der Waals surface area contributed by atoms with Crippen molar-refractivity contribution in [1.82, 2.24) is 0 Å². The standard InChI is InChI=1S/C14H20O4/c15-14(6-8-1-3-10-12(5-8)17-10)16-9-2-4-11-13(7-9)18-11/h8-13H,1-7H2/t8-,9-,10+,11-,12-,13+/m1/s1. The van der Waals surface area contributed by atoms with Crippen molar-refractivity contribution in [2.24, 2.45) is 5.92 Å². The molecule has 2 heterocycles. The van der Waals surface area contributed by atoms with E-state index in [1.165, 1.54) is 0 Å². The summed E-state index contributed by atoms with van der Waals surface area (Å²) in [7, 11) is 0. The lowest BCUT2D eigenvalue weighted by molar-refractivity contribution is -0.151. The second-order valence-electron chi connectivity index (χ2n) is 6.23. The average molecular weight is 252 g/mol. The minimum atomic E-state index is -0.0109. The summed E-state index contributed by atoms with van der Waals surface area (Å²) >= 11 is 0. The van der Waals surface area contributed by atoms with Crippen molar-refractivity contribution in [3.63, 3.8) is 0 Å². The van der Waals surface area contributed by atoms with E-state index in [9.17, 15) is 4.79 Å². The van der Waals surface area contributed by atoms with Crippen LogP contribution in [0.3, 0.4) is 0 Å². The summed E-state index contributed by atoms with van der Waals surface area (Å²) in [5.41, 5.74) is 0. The Bertz CT molecular complexity index is 324. The summed E-state index contributed by atoms with van der Waals surface area (Å²) < 4.78 is 16.5. The van der Waals surface area contributed by atoms with Crippen LogP contribution in [0.25, 0.3) is 0 Å². The van der Waals surface area contributed by atoms with E-state index in [0.29, 0.717) is 36.8 Å². The Kier molecular flexibility index (Phi) is 2.62. The summed E-state index contributed by atoms with van der Waals surface area (Å²) in [5.74, 6) is 0.470. The molecule has 2 saturated carbocycles. The van der Waals surface area contributed by atoms with E-state index in [-0.39, 0.29) is 12.1 Å². The maximum atomic E-state index is 11.9. The van der Waals surface area contributed by atoms with E-state index < -0.39 is 0 Å². The molecule has 0 amide bonds. The number of carbonyl (C=O) groups is 1. The molecule has 0 aromatic heterocycles. The van der Waals surface area contributed by atoms with Gasteiger partial charge in [0.1, 0.15) is 6.10 Å². The van der Waals surface area contributed by atoms with E-state index in [2.05, 4.69) is 0 Å². The third-order valence-electron chi connectivity index (χ3n) is 4.82. The Hall–Kier alpha value is -0.610. The molecular weight excluding hydrogens is 232 g/mol. The van der Waals surface area contributed by atoms with Gasteiger partial charge in [-0.15, -0.1) is 0 Å². The van der Waals surface area contributed by atoms with E-state index in [4.69, 9.17) is 14.2 Å². The van der Waals surface area contributed by atoms with Crippen molar-refractivity contribution in [3.8, 4) is 0 Å². The Balaban J connectivity index is 1.23. The highest BCUT2D eigenvalue weighted by Gasteiger charge is 2.46. The van der Waals surface area contributed by atoms with Crippen LogP contribution in [0.15, 0.2) is 0 Å². The highest BCUT2D eigenvalue weighted by Crippen LogP contribution is 2.41. The zero-order valence-electron chi connectivity index (χ0n) is 10.5. The number of hydrogen-bond acceptors (Lipinski definition) is 4. The first-order valence-corrected chi connectivity index (χ1v) is 7.28. The highest BCUT2D eigenvalue weighted by atomic mass is 16.6. The van der Waals surface area contributed by atoms with Gasteiger partial charge in [0, 0.05) is 12.8 Å². The van der Waals surface area contributed by atoms with Crippen molar-refractivity contribution < 1.29 is 19.0 Å². The monoisotopic (exact) mass is 252 g/mol. The largest absolute Gasteiger partial charge is 0.462 e. The molecule has 0 aromatic carbocycles.